The van der Waals surface area contributed by atoms with E-state index in [1.807, 2.05) is 39.0 Å². The molecule has 0 unspecified atom stereocenters. The van der Waals surface area contributed by atoms with Gasteiger partial charge in [-0.25, -0.2) is 9.59 Å². The molecular formula is C23H27NO4. The molecule has 0 aliphatic carbocycles. The Bertz CT molecular complexity index is 911. The van der Waals surface area contributed by atoms with Crippen LogP contribution < -0.4 is 4.90 Å². The molecule has 1 aliphatic rings. The SMILES string of the molecule is CCc1cccc(-c2cc(C(=O)OC)cc3c2CCN3C(=O)OC(C)(C)C)c1. The summed E-state index contributed by atoms with van der Waals surface area (Å²) in [6.07, 6.45) is 1.24. The molecule has 0 N–H and O–H groups in total. The summed E-state index contributed by atoms with van der Waals surface area (Å²) < 4.78 is 10.5. The number of carbonyl (C=O) groups is 2. The Labute approximate surface area is 166 Å². The lowest BCUT2D eigenvalue weighted by Crippen LogP contribution is -2.35. The van der Waals surface area contributed by atoms with Crippen LogP contribution in [-0.4, -0.2) is 31.3 Å². The number of hydrogen-bond acceptors (Lipinski definition) is 4. The second-order valence-corrected chi connectivity index (χ2v) is 7.95. The highest BCUT2D eigenvalue weighted by Crippen LogP contribution is 2.38. The summed E-state index contributed by atoms with van der Waals surface area (Å²) in [6, 6.07) is 11.9. The molecule has 0 bridgehead atoms. The number of benzene rings is 2. The van der Waals surface area contributed by atoms with Crippen molar-refractivity contribution < 1.29 is 19.1 Å². The van der Waals surface area contributed by atoms with Crippen LogP contribution in [0, 0.1) is 0 Å². The van der Waals surface area contributed by atoms with E-state index in [1.54, 1.807) is 11.0 Å². The van der Waals surface area contributed by atoms with Crippen molar-refractivity contribution in [2.24, 2.45) is 0 Å². The number of aryl methyl sites for hydroxylation is 1. The Morgan fingerprint density at radius 1 is 1.14 bits per heavy atom. The molecule has 0 saturated heterocycles. The topological polar surface area (TPSA) is 55.8 Å². The van der Waals surface area contributed by atoms with Gasteiger partial charge in [0.25, 0.3) is 0 Å². The van der Waals surface area contributed by atoms with Gasteiger partial charge in [0.1, 0.15) is 5.60 Å². The molecule has 3 rings (SSSR count). The van der Waals surface area contributed by atoms with Gasteiger partial charge in [-0.3, -0.25) is 4.90 Å². The molecule has 0 aromatic heterocycles. The van der Waals surface area contributed by atoms with E-state index >= 15 is 0 Å². The second kappa shape index (κ2) is 7.66. The summed E-state index contributed by atoms with van der Waals surface area (Å²) in [5.41, 5.74) is 4.82. The first-order valence-corrected chi connectivity index (χ1v) is 9.58. The molecule has 5 nitrogen and oxygen atoms in total. The number of esters is 1. The van der Waals surface area contributed by atoms with Crippen molar-refractivity contribution >= 4 is 17.7 Å². The van der Waals surface area contributed by atoms with Crippen LogP contribution in [0.25, 0.3) is 11.1 Å². The van der Waals surface area contributed by atoms with E-state index in [0.29, 0.717) is 24.2 Å². The molecule has 28 heavy (non-hydrogen) atoms. The van der Waals surface area contributed by atoms with Crippen LogP contribution >= 0.6 is 0 Å². The Balaban J connectivity index is 2.12. The van der Waals surface area contributed by atoms with Crippen molar-refractivity contribution in [3.05, 3.63) is 53.1 Å². The van der Waals surface area contributed by atoms with Crippen LogP contribution in [0.3, 0.4) is 0 Å². The van der Waals surface area contributed by atoms with Crippen LogP contribution in [0.15, 0.2) is 36.4 Å². The summed E-state index contributed by atoms with van der Waals surface area (Å²) in [6.45, 7) is 8.16. The van der Waals surface area contributed by atoms with Crippen molar-refractivity contribution in [2.75, 3.05) is 18.6 Å². The largest absolute Gasteiger partial charge is 0.465 e. The number of fused-ring (bicyclic) bond motifs is 1. The van der Waals surface area contributed by atoms with Crippen LogP contribution in [0.1, 0.15) is 49.2 Å². The first kappa shape index (κ1) is 19.9. The van der Waals surface area contributed by atoms with Crippen molar-refractivity contribution in [1.29, 1.82) is 0 Å². The third kappa shape index (κ3) is 4.03. The third-order valence-corrected chi connectivity index (χ3v) is 4.78. The predicted octanol–water partition coefficient (Wildman–Crippen LogP) is 5.00. The number of hydrogen-bond donors (Lipinski definition) is 0. The summed E-state index contributed by atoms with van der Waals surface area (Å²) >= 11 is 0. The van der Waals surface area contributed by atoms with E-state index in [9.17, 15) is 9.59 Å². The number of amides is 1. The molecule has 5 heteroatoms. The molecule has 0 fully saturated rings. The maximum atomic E-state index is 12.7. The summed E-state index contributed by atoms with van der Waals surface area (Å²) in [5.74, 6) is -0.424. The maximum Gasteiger partial charge on any atom is 0.414 e. The van der Waals surface area contributed by atoms with E-state index < -0.39 is 17.7 Å². The van der Waals surface area contributed by atoms with Gasteiger partial charge < -0.3 is 9.47 Å². The monoisotopic (exact) mass is 381 g/mol. The van der Waals surface area contributed by atoms with E-state index in [-0.39, 0.29) is 0 Å². The van der Waals surface area contributed by atoms with Gasteiger partial charge in [-0.05, 0) is 68.0 Å². The van der Waals surface area contributed by atoms with Crippen molar-refractivity contribution in [2.45, 2.75) is 46.1 Å². The van der Waals surface area contributed by atoms with Gasteiger partial charge in [0.15, 0.2) is 0 Å². The third-order valence-electron chi connectivity index (χ3n) is 4.78. The zero-order valence-electron chi connectivity index (χ0n) is 17.2. The van der Waals surface area contributed by atoms with E-state index in [4.69, 9.17) is 9.47 Å². The van der Waals surface area contributed by atoms with Crippen LogP contribution in [-0.2, 0) is 22.3 Å². The van der Waals surface area contributed by atoms with Gasteiger partial charge in [0.2, 0.25) is 0 Å². The molecule has 0 spiro atoms. The lowest BCUT2D eigenvalue weighted by molar-refractivity contribution is 0.0576. The smallest absolute Gasteiger partial charge is 0.414 e. The van der Waals surface area contributed by atoms with Gasteiger partial charge in [-0.1, -0.05) is 31.2 Å². The highest BCUT2D eigenvalue weighted by Gasteiger charge is 2.32. The first-order chi connectivity index (χ1) is 13.2. The molecule has 0 atom stereocenters. The zero-order chi connectivity index (χ0) is 20.5. The normalized spacial score (nSPS) is 13.2. The highest BCUT2D eigenvalue weighted by molar-refractivity contribution is 5.98. The predicted molar refractivity (Wildman–Crippen MR) is 110 cm³/mol. The number of methoxy groups -OCH3 is 1. The first-order valence-electron chi connectivity index (χ1n) is 9.58. The minimum Gasteiger partial charge on any atom is -0.465 e. The van der Waals surface area contributed by atoms with E-state index in [2.05, 4.69) is 19.1 Å². The van der Waals surface area contributed by atoms with Crippen LogP contribution in [0.2, 0.25) is 0 Å². The lowest BCUT2D eigenvalue weighted by Gasteiger charge is -2.25. The fourth-order valence-electron chi connectivity index (χ4n) is 3.46. The van der Waals surface area contributed by atoms with Crippen LogP contribution in [0.4, 0.5) is 10.5 Å². The number of anilines is 1. The van der Waals surface area contributed by atoms with Gasteiger partial charge in [0.05, 0.1) is 18.4 Å². The number of rotatable bonds is 3. The van der Waals surface area contributed by atoms with E-state index in [0.717, 1.165) is 23.1 Å². The lowest BCUT2D eigenvalue weighted by atomic mass is 9.94. The van der Waals surface area contributed by atoms with Gasteiger partial charge >= 0.3 is 12.1 Å². The van der Waals surface area contributed by atoms with Crippen LogP contribution in [0.5, 0.6) is 0 Å². The fourth-order valence-corrected chi connectivity index (χ4v) is 3.46. The Kier molecular flexibility index (Phi) is 5.45. The molecule has 2 aromatic carbocycles. The second-order valence-electron chi connectivity index (χ2n) is 7.95. The average Bonchev–Trinajstić information content (AvgIpc) is 3.09. The molecular weight excluding hydrogens is 354 g/mol. The molecule has 0 saturated carbocycles. The van der Waals surface area contributed by atoms with E-state index in [1.165, 1.54) is 12.7 Å². The zero-order valence-corrected chi connectivity index (χ0v) is 17.2. The summed E-state index contributed by atoms with van der Waals surface area (Å²) in [7, 11) is 1.36. The quantitative estimate of drug-likeness (QED) is 0.702. The average molecular weight is 381 g/mol. The molecule has 1 heterocycles. The molecule has 148 valence electrons. The number of carbonyl (C=O) groups excluding carboxylic acids is 2. The molecule has 2 aromatic rings. The minimum absolute atomic E-state index is 0.401. The van der Waals surface area contributed by atoms with Gasteiger partial charge in [-0.2, -0.15) is 0 Å². The Hall–Kier alpha value is -2.82. The summed E-state index contributed by atoms with van der Waals surface area (Å²) in [5, 5.41) is 0. The van der Waals surface area contributed by atoms with Gasteiger partial charge in [0, 0.05) is 6.54 Å². The number of nitrogens with zero attached hydrogens (tertiary/aromatic N) is 1. The van der Waals surface area contributed by atoms with Crippen molar-refractivity contribution in [3.8, 4) is 11.1 Å². The van der Waals surface area contributed by atoms with Gasteiger partial charge in [-0.15, -0.1) is 0 Å². The van der Waals surface area contributed by atoms with Crippen molar-refractivity contribution in [3.63, 3.8) is 0 Å². The molecule has 0 radical (unpaired) electrons. The summed E-state index contributed by atoms with van der Waals surface area (Å²) in [4.78, 5) is 26.6. The standard InChI is InChI=1S/C23H27NO4/c1-6-15-8-7-9-16(12-15)19-13-17(21(25)27-5)14-20-18(19)10-11-24(20)22(26)28-23(2,3)4/h7-9,12-14H,6,10-11H2,1-5H3. The maximum absolute atomic E-state index is 12.7. The fraction of sp³-hybridized carbons (Fsp3) is 0.391. The molecule has 1 amide bonds. The Morgan fingerprint density at radius 2 is 1.89 bits per heavy atom. The van der Waals surface area contributed by atoms with Crippen molar-refractivity contribution in [1.82, 2.24) is 0 Å². The highest BCUT2D eigenvalue weighted by atomic mass is 16.6. The molecule has 1 aliphatic heterocycles. The number of ether oxygens (including phenoxy) is 2. The minimum atomic E-state index is -0.585. The Morgan fingerprint density at radius 3 is 2.54 bits per heavy atom.